The molecule has 7 heteroatoms. The van der Waals surface area contributed by atoms with Gasteiger partial charge in [0.1, 0.15) is 5.82 Å². The Kier molecular flexibility index (Phi) is 5.51. The van der Waals surface area contributed by atoms with Gasteiger partial charge in [-0.3, -0.25) is 4.79 Å². The zero-order valence-electron chi connectivity index (χ0n) is 11.1. The Balaban J connectivity index is 1.91. The minimum Gasteiger partial charge on any atom is -0.452 e. The van der Waals surface area contributed by atoms with Gasteiger partial charge in [0.05, 0.1) is 11.3 Å². The summed E-state index contributed by atoms with van der Waals surface area (Å²) in [6.07, 6.45) is 0. The first kappa shape index (κ1) is 16.5. The second kappa shape index (κ2) is 7.38. The molecule has 0 aliphatic carbocycles. The van der Waals surface area contributed by atoms with Crippen LogP contribution in [0.3, 0.4) is 0 Å². The summed E-state index contributed by atoms with van der Waals surface area (Å²) in [5.74, 6) is -1.92. The second-order valence-electron chi connectivity index (χ2n) is 4.26. The number of benzene rings is 2. The number of hydrogen-bond donors (Lipinski definition) is 1. The molecule has 0 bridgehead atoms. The van der Waals surface area contributed by atoms with Crippen molar-refractivity contribution in [3.8, 4) is 0 Å². The Labute approximate surface area is 139 Å². The van der Waals surface area contributed by atoms with Crippen LogP contribution in [0.15, 0.2) is 46.9 Å². The SMILES string of the molecule is O=C(COC(=O)c1cccc(Cl)c1)Nc1ccc(Br)cc1F. The second-order valence-corrected chi connectivity index (χ2v) is 5.61. The summed E-state index contributed by atoms with van der Waals surface area (Å²) in [6.45, 7) is -0.527. The molecule has 2 rings (SSSR count). The first-order valence-corrected chi connectivity index (χ1v) is 7.30. The summed E-state index contributed by atoms with van der Waals surface area (Å²) in [6, 6.07) is 10.3. The standard InChI is InChI=1S/C15H10BrClFNO3/c16-10-4-5-13(12(18)7-10)19-14(20)8-22-15(21)9-2-1-3-11(17)6-9/h1-7H,8H2,(H,19,20). The number of esters is 1. The van der Waals surface area contributed by atoms with Crippen molar-refractivity contribution in [3.63, 3.8) is 0 Å². The number of halogens is 3. The molecule has 0 fully saturated rings. The summed E-state index contributed by atoms with van der Waals surface area (Å²) in [4.78, 5) is 23.4. The Bertz CT molecular complexity index is 724. The van der Waals surface area contributed by atoms with E-state index in [1.54, 1.807) is 18.2 Å². The summed E-state index contributed by atoms with van der Waals surface area (Å²) in [7, 11) is 0. The Morgan fingerprint density at radius 3 is 2.68 bits per heavy atom. The highest BCUT2D eigenvalue weighted by Gasteiger charge is 2.12. The van der Waals surface area contributed by atoms with Gasteiger partial charge in [-0.25, -0.2) is 9.18 Å². The van der Waals surface area contributed by atoms with Crippen LogP contribution in [0.5, 0.6) is 0 Å². The van der Waals surface area contributed by atoms with E-state index < -0.39 is 24.3 Å². The molecule has 4 nitrogen and oxygen atoms in total. The highest BCUT2D eigenvalue weighted by Crippen LogP contribution is 2.19. The van der Waals surface area contributed by atoms with Crippen LogP contribution in [0.25, 0.3) is 0 Å². The zero-order valence-corrected chi connectivity index (χ0v) is 13.4. The lowest BCUT2D eigenvalue weighted by atomic mass is 10.2. The highest BCUT2D eigenvalue weighted by molar-refractivity contribution is 9.10. The third kappa shape index (κ3) is 4.54. The van der Waals surface area contributed by atoms with E-state index in [0.717, 1.165) is 0 Å². The maximum absolute atomic E-state index is 13.6. The van der Waals surface area contributed by atoms with Crippen LogP contribution in [0, 0.1) is 5.82 Å². The van der Waals surface area contributed by atoms with E-state index >= 15 is 0 Å². The van der Waals surface area contributed by atoms with Crippen LogP contribution in [0.2, 0.25) is 5.02 Å². The molecule has 0 unspecified atom stereocenters. The summed E-state index contributed by atoms with van der Waals surface area (Å²) in [5.41, 5.74) is 0.238. The Hall–Kier alpha value is -1.92. The van der Waals surface area contributed by atoms with Crippen molar-refractivity contribution >= 4 is 45.1 Å². The molecule has 0 spiro atoms. The van der Waals surface area contributed by atoms with Crippen molar-refractivity contribution in [2.75, 3.05) is 11.9 Å². The van der Waals surface area contributed by atoms with Crippen LogP contribution in [0.4, 0.5) is 10.1 Å². The minimum absolute atomic E-state index is 0.00649. The lowest BCUT2D eigenvalue weighted by molar-refractivity contribution is -0.119. The number of nitrogens with one attached hydrogen (secondary N) is 1. The Morgan fingerprint density at radius 2 is 2.00 bits per heavy atom. The summed E-state index contributed by atoms with van der Waals surface area (Å²) < 4.78 is 18.9. The molecule has 0 heterocycles. The van der Waals surface area contributed by atoms with E-state index in [2.05, 4.69) is 21.2 Å². The van der Waals surface area contributed by atoms with Crippen molar-refractivity contribution in [2.45, 2.75) is 0 Å². The molecule has 0 saturated heterocycles. The molecule has 0 saturated carbocycles. The summed E-state index contributed by atoms with van der Waals surface area (Å²) in [5, 5.41) is 2.70. The number of carbonyl (C=O) groups excluding carboxylic acids is 2. The van der Waals surface area contributed by atoms with Gasteiger partial charge in [-0.1, -0.05) is 33.6 Å². The van der Waals surface area contributed by atoms with Crippen LogP contribution in [0.1, 0.15) is 10.4 Å². The van der Waals surface area contributed by atoms with Gasteiger partial charge in [-0.2, -0.15) is 0 Å². The smallest absolute Gasteiger partial charge is 0.338 e. The van der Waals surface area contributed by atoms with Crippen molar-refractivity contribution < 1.29 is 18.7 Å². The molecule has 0 atom stereocenters. The quantitative estimate of drug-likeness (QED) is 0.807. The molecule has 2 aromatic carbocycles. The maximum Gasteiger partial charge on any atom is 0.338 e. The van der Waals surface area contributed by atoms with Crippen LogP contribution in [-0.2, 0) is 9.53 Å². The third-order valence-corrected chi connectivity index (χ3v) is 3.33. The van der Waals surface area contributed by atoms with E-state index in [0.29, 0.717) is 9.50 Å². The average molecular weight is 387 g/mol. The monoisotopic (exact) mass is 385 g/mol. The van der Waals surface area contributed by atoms with Crippen LogP contribution >= 0.6 is 27.5 Å². The first-order chi connectivity index (χ1) is 10.5. The largest absolute Gasteiger partial charge is 0.452 e. The predicted octanol–water partition coefficient (Wildman–Crippen LogP) is 4.04. The predicted molar refractivity (Wildman–Crippen MR) is 84.5 cm³/mol. The Morgan fingerprint density at radius 1 is 1.23 bits per heavy atom. The lowest BCUT2D eigenvalue weighted by Gasteiger charge is -2.08. The van der Waals surface area contributed by atoms with Gasteiger partial charge in [-0.05, 0) is 36.4 Å². The van der Waals surface area contributed by atoms with Crippen LogP contribution < -0.4 is 5.32 Å². The third-order valence-electron chi connectivity index (χ3n) is 2.60. The van der Waals surface area contributed by atoms with Gasteiger partial charge >= 0.3 is 5.97 Å². The molecule has 0 radical (unpaired) electrons. The van der Waals surface area contributed by atoms with Crippen molar-refractivity contribution in [2.24, 2.45) is 0 Å². The van der Waals surface area contributed by atoms with E-state index in [4.69, 9.17) is 16.3 Å². The minimum atomic E-state index is -0.686. The van der Waals surface area contributed by atoms with Crippen molar-refractivity contribution in [1.82, 2.24) is 0 Å². The number of amides is 1. The fraction of sp³-hybridized carbons (Fsp3) is 0.0667. The number of hydrogen-bond acceptors (Lipinski definition) is 3. The molecule has 0 aliphatic heterocycles. The maximum atomic E-state index is 13.6. The lowest BCUT2D eigenvalue weighted by Crippen LogP contribution is -2.21. The summed E-state index contributed by atoms with van der Waals surface area (Å²) >= 11 is 8.87. The number of rotatable bonds is 4. The van der Waals surface area contributed by atoms with Gasteiger partial charge in [-0.15, -0.1) is 0 Å². The molecule has 2 aromatic rings. The van der Waals surface area contributed by atoms with Gasteiger partial charge in [0.15, 0.2) is 6.61 Å². The fourth-order valence-corrected chi connectivity index (χ4v) is 2.13. The van der Waals surface area contributed by atoms with E-state index in [-0.39, 0.29) is 11.3 Å². The molecule has 0 aliphatic rings. The van der Waals surface area contributed by atoms with Gasteiger partial charge in [0, 0.05) is 9.50 Å². The van der Waals surface area contributed by atoms with Crippen molar-refractivity contribution in [3.05, 3.63) is 63.3 Å². The van der Waals surface area contributed by atoms with Crippen molar-refractivity contribution in [1.29, 1.82) is 0 Å². The number of ether oxygens (including phenoxy) is 1. The molecule has 114 valence electrons. The molecule has 1 amide bonds. The highest BCUT2D eigenvalue weighted by atomic mass is 79.9. The molecular weight excluding hydrogens is 377 g/mol. The number of anilines is 1. The van der Waals surface area contributed by atoms with E-state index in [1.165, 1.54) is 24.3 Å². The fourth-order valence-electron chi connectivity index (χ4n) is 1.61. The van der Waals surface area contributed by atoms with Crippen LogP contribution in [-0.4, -0.2) is 18.5 Å². The first-order valence-electron chi connectivity index (χ1n) is 6.13. The molecule has 22 heavy (non-hydrogen) atoms. The van der Waals surface area contributed by atoms with Gasteiger partial charge in [0.2, 0.25) is 0 Å². The van der Waals surface area contributed by atoms with Gasteiger partial charge in [0.25, 0.3) is 5.91 Å². The van der Waals surface area contributed by atoms with E-state index in [9.17, 15) is 14.0 Å². The van der Waals surface area contributed by atoms with E-state index in [1.807, 2.05) is 0 Å². The normalized spacial score (nSPS) is 10.1. The van der Waals surface area contributed by atoms with Gasteiger partial charge < -0.3 is 10.1 Å². The molecule has 0 aromatic heterocycles. The topological polar surface area (TPSA) is 55.4 Å². The molecular formula is C15H10BrClFNO3. The number of carbonyl (C=O) groups is 2. The molecule has 1 N–H and O–H groups in total. The zero-order chi connectivity index (χ0) is 16.1. The average Bonchev–Trinajstić information content (AvgIpc) is 2.47.